The van der Waals surface area contributed by atoms with Crippen LogP contribution in [0.5, 0.6) is 17.2 Å². The number of carbonyl (C=O) groups is 1. The third kappa shape index (κ3) is 8.90. The summed E-state index contributed by atoms with van der Waals surface area (Å²) in [7, 11) is 0. The Balaban J connectivity index is 1.51. The van der Waals surface area contributed by atoms with Crippen molar-refractivity contribution in [3.05, 3.63) is 64.2 Å². The van der Waals surface area contributed by atoms with Crippen molar-refractivity contribution in [3.63, 3.8) is 0 Å². The first kappa shape index (κ1) is 27.6. The lowest BCUT2D eigenvalue weighted by molar-refractivity contribution is -0.112. The Morgan fingerprint density at radius 3 is 2.43 bits per heavy atom. The summed E-state index contributed by atoms with van der Waals surface area (Å²) in [5.41, 5.74) is 1.74. The van der Waals surface area contributed by atoms with Crippen molar-refractivity contribution in [2.45, 2.75) is 27.2 Å². The van der Waals surface area contributed by atoms with Gasteiger partial charge in [0, 0.05) is 0 Å². The Bertz CT molecular complexity index is 1230. The lowest BCUT2D eigenvalue weighted by atomic mass is 10.1. The number of nitrogens with zero attached hydrogens (tertiary/aromatic N) is 3. The zero-order chi connectivity index (χ0) is 26.5. The molecule has 0 unspecified atom stereocenters. The van der Waals surface area contributed by atoms with E-state index in [4.69, 9.17) is 18.9 Å². The van der Waals surface area contributed by atoms with Gasteiger partial charge in [0.2, 0.25) is 5.13 Å². The van der Waals surface area contributed by atoms with Crippen LogP contribution in [0.3, 0.4) is 0 Å². The molecular formula is C27H30N4O5S. The number of hydrogen-bond donors (Lipinski definition) is 1. The fourth-order valence-corrected chi connectivity index (χ4v) is 3.77. The van der Waals surface area contributed by atoms with Crippen molar-refractivity contribution < 1.29 is 23.7 Å². The number of amides is 1. The van der Waals surface area contributed by atoms with Crippen LogP contribution in [0.4, 0.5) is 5.13 Å². The van der Waals surface area contributed by atoms with Gasteiger partial charge in [-0.2, -0.15) is 5.26 Å². The molecule has 0 radical (unpaired) electrons. The minimum atomic E-state index is -0.553. The van der Waals surface area contributed by atoms with E-state index in [2.05, 4.69) is 15.5 Å². The molecule has 1 N–H and O–H groups in total. The van der Waals surface area contributed by atoms with E-state index in [0.29, 0.717) is 55.2 Å². The Labute approximate surface area is 220 Å². The van der Waals surface area contributed by atoms with E-state index < -0.39 is 5.91 Å². The second kappa shape index (κ2) is 14.6. The average Bonchev–Trinajstić information content (AvgIpc) is 3.36. The van der Waals surface area contributed by atoms with Crippen LogP contribution < -0.4 is 19.5 Å². The summed E-state index contributed by atoms with van der Waals surface area (Å²) in [5.74, 6) is 1.31. The molecule has 1 heterocycles. The van der Waals surface area contributed by atoms with E-state index in [9.17, 15) is 10.1 Å². The van der Waals surface area contributed by atoms with Gasteiger partial charge in [0.15, 0.2) is 11.5 Å². The topological polar surface area (TPSA) is 116 Å². The Kier molecular flexibility index (Phi) is 10.9. The van der Waals surface area contributed by atoms with Crippen LogP contribution in [0.2, 0.25) is 0 Å². The van der Waals surface area contributed by atoms with Crippen LogP contribution in [0, 0.1) is 18.3 Å². The molecule has 0 spiro atoms. The molecule has 10 heteroatoms. The van der Waals surface area contributed by atoms with E-state index in [1.807, 2.05) is 51.1 Å². The smallest absolute Gasteiger partial charge is 0.268 e. The highest BCUT2D eigenvalue weighted by atomic mass is 32.1. The molecule has 0 bridgehead atoms. The van der Waals surface area contributed by atoms with Gasteiger partial charge in [-0.15, -0.1) is 10.2 Å². The van der Waals surface area contributed by atoms with E-state index in [1.165, 1.54) is 23.0 Å². The second-order valence-electron chi connectivity index (χ2n) is 7.74. The molecule has 0 fully saturated rings. The van der Waals surface area contributed by atoms with Crippen LogP contribution in [-0.2, 0) is 16.0 Å². The van der Waals surface area contributed by atoms with Gasteiger partial charge in [0.05, 0.1) is 19.8 Å². The Morgan fingerprint density at radius 2 is 1.76 bits per heavy atom. The predicted molar refractivity (Wildman–Crippen MR) is 142 cm³/mol. The Morgan fingerprint density at radius 1 is 1.00 bits per heavy atom. The number of ether oxygens (including phenoxy) is 4. The molecule has 0 saturated carbocycles. The summed E-state index contributed by atoms with van der Waals surface area (Å²) in [5, 5.41) is 21.2. The Hall–Kier alpha value is -3.94. The minimum absolute atomic E-state index is 0.0642. The number of benzene rings is 2. The number of anilines is 1. The van der Waals surface area contributed by atoms with Crippen LogP contribution in [0.15, 0.2) is 48.0 Å². The predicted octanol–water partition coefficient (Wildman–Crippen LogP) is 4.83. The van der Waals surface area contributed by atoms with Gasteiger partial charge < -0.3 is 18.9 Å². The molecule has 0 saturated heterocycles. The number of nitrogens with one attached hydrogen (secondary N) is 1. The first-order chi connectivity index (χ1) is 18.0. The van der Waals surface area contributed by atoms with Gasteiger partial charge >= 0.3 is 0 Å². The molecule has 2 aromatic carbocycles. The second-order valence-corrected chi connectivity index (χ2v) is 8.80. The van der Waals surface area contributed by atoms with Gasteiger partial charge in [0.1, 0.15) is 35.6 Å². The van der Waals surface area contributed by atoms with Gasteiger partial charge in [-0.25, -0.2) is 0 Å². The highest BCUT2D eigenvalue weighted by Gasteiger charge is 2.14. The molecule has 9 nitrogen and oxygen atoms in total. The molecule has 3 aromatic rings. The number of aryl methyl sites for hydroxylation is 2. The van der Waals surface area contributed by atoms with E-state index in [-0.39, 0.29) is 5.57 Å². The summed E-state index contributed by atoms with van der Waals surface area (Å²) < 4.78 is 22.8. The van der Waals surface area contributed by atoms with Crippen LogP contribution in [0.1, 0.15) is 30.0 Å². The molecule has 0 atom stereocenters. The van der Waals surface area contributed by atoms with Gasteiger partial charge in [0.25, 0.3) is 5.91 Å². The molecule has 194 valence electrons. The maximum absolute atomic E-state index is 12.5. The number of aromatic nitrogens is 2. The average molecular weight is 523 g/mol. The number of rotatable bonds is 14. The molecular weight excluding hydrogens is 492 g/mol. The highest BCUT2D eigenvalue weighted by Crippen LogP contribution is 2.29. The molecule has 0 aliphatic heterocycles. The van der Waals surface area contributed by atoms with Crippen LogP contribution in [0.25, 0.3) is 6.08 Å². The minimum Gasteiger partial charge on any atom is -0.491 e. The van der Waals surface area contributed by atoms with Crippen molar-refractivity contribution in [1.82, 2.24) is 10.2 Å². The van der Waals surface area contributed by atoms with Crippen molar-refractivity contribution in [2.75, 3.05) is 38.4 Å². The van der Waals surface area contributed by atoms with Crippen molar-refractivity contribution in [1.29, 1.82) is 5.26 Å². The zero-order valence-corrected chi connectivity index (χ0v) is 22.0. The van der Waals surface area contributed by atoms with Crippen molar-refractivity contribution >= 4 is 28.5 Å². The van der Waals surface area contributed by atoms with E-state index in [0.717, 1.165) is 17.2 Å². The molecule has 1 amide bonds. The fraction of sp³-hybridized carbons (Fsp3) is 0.333. The van der Waals surface area contributed by atoms with Crippen molar-refractivity contribution in [3.8, 4) is 23.3 Å². The van der Waals surface area contributed by atoms with E-state index in [1.54, 1.807) is 18.2 Å². The third-order valence-corrected chi connectivity index (χ3v) is 5.92. The zero-order valence-electron chi connectivity index (χ0n) is 21.2. The molecule has 1 aromatic heterocycles. The lowest BCUT2D eigenvalue weighted by Crippen LogP contribution is -2.13. The maximum atomic E-state index is 12.5. The first-order valence-corrected chi connectivity index (χ1v) is 12.8. The van der Waals surface area contributed by atoms with Gasteiger partial charge in [-0.3, -0.25) is 10.1 Å². The number of nitriles is 1. The standard InChI is InChI=1S/C27H30N4O5S/c1-4-25-30-31-27(37-25)29-26(32)21(18-28)16-20-8-11-23(24(17-20)34-5-2)36-15-13-33-12-14-35-22-9-6-19(3)7-10-22/h6-11,16-17H,4-5,12-15H2,1-3H3,(H,29,31,32)/b21-16-. The molecule has 3 rings (SSSR count). The number of carbonyl (C=O) groups excluding carboxylic acids is 1. The monoisotopic (exact) mass is 522 g/mol. The van der Waals surface area contributed by atoms with Crippen LogP contribution >= 0.6 is 11.3 Å². The summed E-state index contributed by atoms with van der Waals surface area (Å²) in [6, 6.07) is 15.0. The molecule has 37 heavy (non-hydrogen) atoms. The first-order valence-electron chi connectivity index (χ1n) is 11.9. The van der Waals surface area contributed by atoms with Gasteiger partial charge in [-0.1, -0.05) is 42.0 Å². The SMILES string of the molecule is CCOc1cc(/C=C(/C#N)C(=O)Nc2nnc(CC)s2)ccc1OCCOCCOc1ccc(C)cc1. The molecule has 0 aliphatic carbocycles. The quantitative estimate of drug-likeness (QED) is 0.182. The van der Waals surface area contributed by atoms with Crippen molar-refractivity contribution in [2.24, 2.45) is 0 Å². The lowest BCUT2D eigenvalue weighted by Gasteiger charge is -2.13. The van der Waals surface area contributed by atoms with E-state index >= 15 is 0 Å². The largest absolute Gasteiger partial charge is 0.491 e. The van der Waals surface area contributed by atoms with Crippen LogP contribution in [-0.4, -0.2) is 49.1 Å². The highest BCUT2D eigenvalue weighted by molar-refractivity contribution is 7.15. The normalized spacial score (nSPS) is 11.0. The summed E-state index contributed by atoms with van der Waals surface area (Å²) in [6.07, 6.45) is 2.21. The molecule has 0 aliphatic rings. The van der Waals surface area contributed by atoms with Gasteiger partial charge in [-0.05, 0) is 56.2 Å². The number of hydrogen-bond acceptors (Lipinski definition) is 9. The summed E-state index contributed by atoms with van der Waals surface area (Å²) in [6.45, 7) is 7.87. The fourth-order valence-electron chi connectivity index (χ4n) is 3.09. The maximum Gasteiger partial charge on any atom is 0.268 e. The summed E-state index contributed by atoms with van der Waals surface area (Å²) >= 11 is 1.27. The third-order valence-electron chi connectivity index (χ3n) is 4.94. The summed E-state index contributed by atoms with van der Waals surface area (Å²) in [4.78, 5) is 12.5.